The van der Waals surface area contributed by atoms with E-state index < -0.39 is 0 Å². The Balaban J connectivity index is 2.89. The summed E-state index contributed by atoms with van der Waals surface area (Å²) in [5, 5.41) is 0.655. The highest BCUT2D eigenvalue weighted by Gasteiger charge is 2.12. The predicted molar refractivity (Wildman–Crippen MR) is 57.1 cm³/mol. The normalized spacial score (nSPS) is 10.9. The molecule has 0 aliphatic carbocycles. The Morgan fingerprint density at radius 1 is 1.43 bits per heavy atom. The average Bonchev–Trinajstić information content (AvgIpc) is 2.48. The number of hydrogen-bond donors (Lipinski definition) is 1. The van der Waals surface area contributed by atoms with E-state index >= 15 is 0 Å². The molecule has 74 valence electrons. The van der Waals surface area contributed by atoms with Crippen LogP contribution in [0.2, 0.25) is 5.02 Å². The third-order valence-electron chi connectivity index (χ3n) is 2.18. The van der Waals surface area contributed by atoms with Crippen molar-refractivity contribution >= 4 is 22.6 Å². The van der Waals surface area contributed by atoms with Crippen LogP contribution in [0, 0.1) is 13.8 Å². The Labute approximate surface area is 87.1 Å². The maximum absolute atomic E-state index is 6.07. The Morgan fingerprint density at radius 2 is 2.14 bits per heavy atom. The van der Waals surface area contributed by atoms with Crippen LogP contribution in [0.4, 0.5) is 0 Å². The molecule has 0 saturated heterocycles. The summed E-state index contributed by atoms with van der Waals surface area (Å²) in [5.41, 5.74) is 2.65. The maximum atomic E-state index is 6.07. The molecule has 1 aromatic heterocycles. The molecule has 1 aromatic carbocycles. The van der Waals surface area contributed by atoms with E-state index in [0.717, 1.165) is 28.2 Å². The van der Waals surface area contributed by atoms with Crippen molar-refractivity contribution in [2.75, 3.05) is 7.11 Å². The SMILES string of the molecule is COc1c(C)cc(Cl)c2nc(C)[nH]c12. The maximum Gasteiger partial charge on any atom is 0.147 e. The highest BCUT2D eigenvalue weighted by molar-refractivity contribution is 6.35. The molecule has 3 nitrogen and oxygen atoms in total. The van der Waals surface area contributed by atoms with Gasteiger partial charge in [0, 0.05) is 0 Å². The van der Waals surface area contributed by atoms with Crippen molar-refractivity contribution in [1.82, 2.24) is 9.97 Å². The van der Waals surface area contributed by atoms with Crippen LogP contribution in [-0.2, 0) is 0 Å². The lowest BCUT2D eigenvalue weighted by molar-refractivity contribution is 0.416. The van der Waals surface area contributed by atoms with Crippen molar-refractivity contribution in [3.63, 3.8) is 0 Å². The van der Waals surface area contributed by atoms with E-state index in [2.05, 4.69) is 9.97 Å². The first-order valence-electron chi connectivity index (χ1n) is 4.33. The van der Waals surface area contributed by atoms with Crippen molar-refractivity contribution in [3.05, 3.63) is 22.5 Å². The Bertz CT molecular complexity index is 490. The number of aromatic amines is 1. The van der Waals surface area contributed by atoms with E-state index in [9.17, 15) is 0 Å². The van der Waals surface area contributed by atoms with Crippen LogP contribution >= 0.6 is 11.6 Å². The third kappa shape index (κ3) is 1.24. The molecular formula is C10H11ClN2O. The minimum absolute atomic E-state index is 0.655. The summed E-state index contributed by atoms with van der Waals surface area (Å²) in [5.74, 6) is 1.65. The molecule has 0 atom stereocenters. The molecule has 0 bridgehead atoms. The first-order valence-corrected chi connectivity index (χ1v) is 4.70. The number of benzene rings is 1. The summed E-state index contributed by atoms with van der Waals surface area (Å²) in [6.45, 7) is 3.85. The molecule has 14 heavy (non-hydrogen) atoms. The summed E-state index contributed by atoms with van der Waals surface area (Å²) < 4.78 is 5.30. The fraction of sp³-hybridized carbons (Fsp3) is 0.300. The quantitative estimate of drug-likeness (QED) is 0.786. The van der Waals surface area contributed by atoms with Gasteiger partial charge >= 0.3 is 0 Å². The minimum Gasteiger partial charge on any atom is -0.494 e. The summed E-state index contributed by atoms with van der Waals surface area (Å²) in [7, 11) is 1.64. The van der Waals surface area contributed by atoms with Crippen LogP contribution < -0.4 is 4.74 Å². The number of nitrogens with one attached hydrogen (secondary N) is 1. The minimum atomic E-state index is 0.655. The molecule has 0 fully saturated rings. The smallest absolute Gasteiger partial charge is 0.147 e. The molecule has 0 saturated carbocycles. The molecule has 1 heterocycles. The zero-order valence-electron chi connectivity index (χ0n) is 8.31. The molecule has 0 unspecified atom stereocenters. The van der Waals surface area contributed by atoms with Crippen molar-refractivity contribution in [2.24, 2.45) is 0 Å². The molecule has 0 radical (unpaired) electrons. The molecule has 1 N–H and O–H groups in total. The van der Waals surface area contributed by atoms with E-state index in [1.807, 2.05) is 19.9 Å². The molecule has 0 amide bonds. The van der Waals surface area contributed by atoms with Crippen molar-refractivity contribution in [1.29, 1.82) is 0 Å². The first-order chi connectivity index (χ1) is 6.63. The van der Waals surface area contributed by atoms with Gasteiger partial charge in [0.15, 0.2) is 0 Å². The average molecular weight is 211 g/mol. The van der Waals surface area contributed by atoms with Crippen LogP contribution in [-0.4, -0.2) is 17.1 Å². The number of nitrogens with zero attached hydrogens (tertiary/aromatic N) is 1. The van der Waals surface area contributed by atoms with Gasteiger partial charge in [-0.05, 0) is 25.5 Å². The fourth-order valence-corrected chi connectivity index (χ4v) is 1.91. The number of rotatable bonds is 1. The highest BCUT2D eigenvalue weighted by Crippen LogP contribution is 2.32. The van der Waals surface area contributed by atoms with Crippen LogP contribution in [0.25, 0.3) is 11.0 Å². The van der Waals surface area contributed by atoms with Crippen molar-refractivity contribution in [3.8, 4) is 5.75 Å². The van der Waals surface area contributed by atoms with Crippen LogP contribution in [0.3, 0.4) is 0 Å². The molecular weight excluding hydrogens is 200 g/mol. The molecule has 2 rings (SSSR count). The zero-order chi connectivity index (χ0) is 10.3. The van der Waals surface area contributed by atoms with Crippen LogP contribution in [0.5, 0.6) is 5.75 Å². The molecule has 0 aliphatic rings. The number of hydrogen-bond acceptors (Lipinski definition) is 2. The number of aromatic nitrogens is 2. The monoisotopic (exact) mass is 210 g/mol. The fourth-order valence-electron chi connectivity index (χ4n) is 1.61. The van der Waals surface area contributed by atoms with Gasteiger partial charge in [-0.2, -0.15) is 0 Å². The number of aryl methyl sites for hydroxylation is 2. The Kier molecular flexibility index (Phi) is 2.11. The van der Waals surface area contributed by atoms with Gasteiger partial charge in [-0.25, -0.2) is 4.98 Å². The number of imidazole rings is 1. The summed E-state index contributed by atoms with van der Waals surface area (Å²) >= 11 is 6.07. The lowest BCUT2D eigenvalue weighted by Crippen LogP contribution is -1.89. The van der Waals surface area contributed by atoms with E-state index in [4.69, 9.17) is 16.3 Å². The number of halogens is 1. The molecule has 0 spiro atoms. The van der Waals surface area contributed by atoms with Gasteiger partial charge in [-0.1, -0.05) is 11.6 Å². The standard InChI is InChI=1S/C10H11ClN2O/c1-5-4-7(11)8-9(10(5)14-3)13-6(2)12-8/h4H,1-3H3,(H,12,13). The second kappa shape index (κ2) is 3.17. The predicted octanol–water partition coefficient (Wildman–Crippen LogP) is 2.84. The third-order valence-corrected chi connectivity index (χ3v) is 2.47. The zero-order valence-corrected chi connectivity index (χ0v) is 9.07. The second-order valence-corrected chi connectivity index (χ2v) is 3.66. The van der Waals surface area contributed by atoms with Gasteiger partial charge in [-0.15, -0.1) is 0 Å². The van der Waals surface area contributed by atoms with Gasteiger partial charge in [0.25, 0.3) is 0 Å². The largest absolute Gasteiger partial charge is 0.494 e. The number of fused-ring (bicyclic) bond motifs is 1. The summed E-state index contributed by atoms with van der Waals surface area (Å²) in [6, 6.07) is 1.86. The van der Waals surface area contributed by atoms with Gasteiger partial charge in [0.1, 0.15) is 22.6 Å². The van der Waals surface area contributed by atoms with Gasteiger partial charge in [0.2, 0.25) is 0 Å². The number of methoxy groups -OCH3 is 1. The van der Waals surface area contributed by atoms with Crippen LogP contribution in [0.1, 0.15) is 11.4 Å². The van der Waals surface area contributed by atoms with Gasteiger partial charge in [0.05, 0.1) is 12.1 Å². The summed E-state index contributed by atoms with van der Waals surface area (Å²) in [4.78, 5) is 7.43. The lowest BCUT2D eigenvalue weighted by Gasteiger charge is -2.05. The van der Waals surface area contributed by atoms with E-state index in [-0.39, 0.29) is 0 Å². The second-order valence-electron chi connectivity index (χ2n) is 3.25. The first kappa shape index (κ1) is 9.34. The lowest BCUT2D eigenvalue weighted by atomic mass is 10.2. The van der Waals surface area contributed by atoms with Crippen LogP contribution in [0.15, 0.2) is 6.07 Å². The molecule has 0 aliphatic heterocycles. The van der Waals surface area contributed by atoms with Crippen molar-refractivity contribution < 1.29 is 4.74 Å². The van der Waals surface area contributed by atoms with E-state index in [1.54, 1.807) is 7.11 Å². The van der Waals surface area contributed by atoms with Gasteiger partial charge in [-0.3, -0.25) is 0 Å². The number of ether oxygens (including phenoxy) is 1. The molecule has 2 aromatic rings. The molecule has 4 heteroatoms. The van der Waals surface area contributed by atoms with E-state index in [0.29, 0.717) is 5.02 Å². The Hall–Kier alpha value is -1.22. The van der Waals surface area contributed by atoms with E-state index in [1.165, 1.54) is 0 Å². The summed E-state index contributed by atoms with van der Waals surface area (Å²) in [6.07, 6.45) is 0. The van der Waals surface area contributed by atoms with Crippen molar-refractivity contribution in [2.45, 2.75) is 13.8 Å². The Morgan fingerprint density at radius 3 is 2.79 bits per heavy atom. The highest BCUT2D eigenvalue weighted by atomic mass is 35.5. The number of H-pyrrole nitrogens is 1. The topological polar surface area (TPSA) is 37.9 Å². The van der Waals surface area contributed by atoms with Gasteiger partial charge < -0.3 is 9.72 Å².